The van der Waals surface area contributed by atoms with Gasteiger partial charge in [0.15, 0.2) is 11.6 Å². The molecule has 0 heterocycles. The average molecular weight is 190 g/mol. The lowest BCUT2D eigenvalue weighted by molar-refractivity contribution is 0.1000. The van der Waals surface area contributed by atoms with Crippen molar-refractivity contribution in [2.24, 2.45) is 5.73 Å². The predicted octanol–water partition coefficient (Wildman–Crippen LogP) is 1.28. The highest BCUT2D eigenvalue weighted by Crippen LogP contribution is 2.27. The predicted molar refractivity (Wildman–Crippen MR) is 41.6 cm³/mol. The number of primary amides is 1. The summed E-state index contributed by atoms with van der Waals surface area (Å²) in [4.78, 5) is 10.5. The molecule has 1 aromatic rings. The highest BCUT2D eigenvalue weighted by molar-refractivity contribution is 6.32. The largest absolute Gasteiger partial charge is 0.504 e. The van der Waals surface area contributed by atoms with Crippen molar-refractivity contribution in [2.75, 3.05) is 0 Å². The average Bonchev–Trinajstić information content (AvgIpc) is 1.99. The van der Waals surface area contributed by atoms with E-state index in [1.165, 1.54) is 0 Å². The molecule has 0 unspecified atom stereocenters. The fourth-order valence-corrected chi connectivity index (χ4v) is 0.916. The first-order valence-electron chi connectivity index (χ1n) is 3.00. The third-order valence-corrected chi connectivity index (χ3v) is 1.59. The van der Waals surface area contributed by atoms with Crippen LogP contribution in [0.1, 0.15) is 10.4 Å². The molecule has 64 valence electrons. The van der Waals surface area contributed by atoms with Gasteiger partial charge in [-0.25, -0.2) is 4.39 Å². The van der Waals surface area contributed by atoms with Gasteiger partial charge in [-0.15, -0.1) is 0 Å². The van der Waals surface area contributed by atoms with E-state index in [9.17, 15) is 9.18 Å². The first kappa shape index (κ1) is 8.80. The van der Waals surface area contributed by atoms with Gasteiger partial charge in [-0.2, -0.15) is 0 Å². The fourth-order valence-electron chi connectivity index (χ4n) is 0.708. The summed E-state index contributed by atoms with van der Waals surface area (Å²) in [6.07, 6.45) is 0. The molecule has 0 bridgehead atoms. The topological polar surface area (TPSA) is 63.3 Å². The zero-order chi connectivity index (χ0) is 9.30. The number of aromatic hydroxyl groups is 1. The molecule has 0 atom stereocenters. The van der Waals surface area contributed by atoms with Crippen molar-refractivity contribution >= 4 is 17.5 Å². The van der Waals surface area contributed by atoms with Gasteiger partial charge < -0.3 is 10.8 Å². The quantitative estimate of drug-likeness (QED) is 0.699. The Morgan fingerprint density at radius 3 is 2.58 bits per heavy atom. The van der Waals surface area contributed by atoms with Crippen LogP contribution in [0.5, 0.6) is 5.75 Å². The second-order valence-electron chi connectivity index (χ2n) is 2.15. The summed E-state index contributed by atoms with van der Waals surface area (Å²) in [5, 5.41) is 8.62. The number of rotatable bonds is 1. The van der Waals surface area contributed by atoms with Crippen LogP contribution in [0, 0.1) is 5.82 Å². The smallest absolute Gasteiger partial charge is 0.248 e. The van der Waals surface area contributed by atoms with Gasteiger partial charge in [0.05, 0.1) is 5.02 Å². The van der Waals surface area contributed by atoms with E-state index < -0.39 is 17.5 Å². The van der Waals surface area contributed by atoms with Gasteiger partial charge in [0.2, 0.25) is 5.91 Å². The summed E-state index contributed by atoms with van der Waals surface area (Å²) >= 11 is 5.37. The van der Waals surface area contributed by atoms with Crippen molar-refractivity contribution in [3.63, 3.8) is 0 Å². The molecule has 1 amide bonds. The minimum Gasteiger partial charge on any atom is -0.504 e. The molecule has 12 heavy (non-hydrogen) atoms. The molecule has 0 saturated carbocycles. The number of hydrogen-bond donors (Lipinski definition) is 2. The van der Waals surface area contributed by atoms with E-state index in [-0.39, 0.29) is 10.6 Å². The monoisotopic (exact) mass is 189 g/mol. The van der Waals surface area contributed by atoms with Gasteiger partial charge in [0.25, 0.3) is 0 Å². The minimum atomic E-state index is -0.962. The minimum absolute atomic E-state index is 0.0738. The van der Waals surface area contributed by atoms with Crippen molar-refractivity contribution in [1.29, 1.82) is 0 Å². The van der Waals surface area contributed by atoms with E-state index in [0.29, 0.717) is 0 Å². The van der Waals surface area contributed by atoms with E-state index >= 15 is 0 Å². The van der Waals surface area contributed by atoms with Crippen LogP contribution >= 0.6 is 11.6 Å². The van der Waals surface area contributed by atoms with Crippen molar-refractivity contribution < 1.29 is 14.3 Å². The van der Waals surface area contributed by atoms with Crippen LogP contribution in [-0.4, -0.2) is 11.0 Å². The molecule has 0 saturated heterocycles. The number of amides is 1. The Bertz CT molecular complexity index is 317. The maximum absolute atomic E-state index is 12.7. The van der Waals surface area contributed by atoms with Crippen LogP contribution in [0.25, 0.3) is 0 Å². The molecular weight excluding hydrogens is 185 g/mol. The second kappa shape index (κ2) is 2.98. The van der Waals surface area contributed by atoms with Gasteiger partial charge in [0.1, 0.15) is 0 Å². The Morgan fingerprint density at radius 2 is 2.17 bits per heavy atom. The zero-order valence-corrected chi connectivity index (χ0v) is 6.60. The van der Waals surface area contributed by atoms with Crippen molar-refractivity contribution in [2.45, 2.75) is 0 Å². The molecule has 3 nitrogen and oxygen atoms in total. The summed E-state index contributed by atoms with van der Waals surface area (Å²) in [5.41, 5.74) is 4.78. The highest BCUT2D eigenvalue weighted by Gasteiger charge is 2.10. The van der Waals surface area contributed by atoms with Crippen LogP contribution < -0.4 is 5.73 Å². The molecule has 5 heteroatoms. The number of hydrogen-bond acceptors (Lipinski definition) is 2. The van der Waals surface area contributed by atoms with E-state index in [1.807, 2.05) is 0 Å². The molecule has 0 aliphatic carbocycles. The summed E-state index contributed by atoms with van der Waals surface area (Å²) in [6.45, 7) is 0. The molecule has 1 aromatic carbocycles. The number of phenolic OH excluding ortho intramolecular Hbond substituents is 1. The summed E-state index contributed by atoms with van der Waals surface area (Å²) < 4.78 is 12.7. The van der Waals surface area contributed by atoms with Gasteiger partial charge in [-0.3, -0.25) is 4.79 Å². The van der Waals surface area contributed by atoms with E-state index in [4.69, 9.17) is 22.4 Å². The third kappa shape index (κ3) is 1.48. The fraction of sp³-hybridized carbons (Fsp3) is 0. The maximum Gasteiger partial charge on any atom is 0.248 e. The van der Waals surface area contributed by atoms with Crippen LogP contribution in [0.2, 0.25) is 5.02 Å². The second-order valence-corrected chi connectivity index (χ2v) is 2.56. The summed E-state index contributed by atoms with van der Waals surface area (Å²) in [5.74, 6) is -2.44. The van der Waals surface area contributed by atoms with Crippen molar-refractivity contribution in [3.8, 4) is 5.75 Å². The molecule has 0 fully saturated rings. The Hall–Kier alpha value is -1.29. The molecule has 3 N–H and O–H groups in total. The van der Waals surface area contributed by atoms with Gasteiger partial charge in [-0.1, -0.05) is 11.6 Å². The number of phenols is 1. The standard InChI is InChI=1S/C7H5ClFNO2/c8-4-1-3(7(10)12)2-5(9)6(4)11/h1-2,11H,(H2,10,12). The molecule has 0 radical (unpaired) electrons. The lowest BCUT2D eigenvalue weighted by Crippen LogP contribution is -2.11. The summed E-state index contributed by atoms with van der Waals surface area (Å²) in [7, 11) is 0. The number of nitrogens with two attached hydrogens (primary N) is 1. The normalized spacial score (nSPS) is 9.83. The van der Waals surface area contributed by atoms with E-state index in [2.05, 4.69) is 0 Å². The van der Waals surface area contributed by atoms with Crippen molar-refractivity contribution in [3.05, 3.63) is 28.5 Å². The Balaban J connectivity index is 3.31. The van der Waals surface area contributed by atoms with E-state index in [1.54, 1.807) is 0 Å². The first-order chi connectivity index (χ1) is 5.52. The highest BCUT2D eigenvalue weighted by atomic mass is 35.5. The molecule has 1 rings (SSSR count). The van der Waals surface area contributed by atoms with Gasteiger partial charge in [-0.05, 0) is 12.1 Å². The Labute approximate surface area is 72.6 Å². The molecule has 0 aliphatic rings. The number of carbonyl (C=O) groups is 1. The number of halogens is 2. The molecule has 0 aliphatic heterocycles. The van der Waals surface area contributed by atoms with Crippen LogP contribution in [0.15, 0.2) is 12.1 Å². The zero-order valence-electron chi connectivity index (χ0n) is 5.84. The van der Waals surface area contributed by atoms with Gasteiger partial charge >= 0.3 is 0 Å². The van der Waals surface area contributed by atoms with E-state index in [0.717, 1.165) is 12.1 Å². The third-order valence-electron chi connectivity index (χ3n) is 1.30. The van der Waals surface area contributed by atoms with Crippen molar-refractivity contribution in [1.82, 2.24) is 0 Å². The number of carbonyl (C=O) groups excluding carboxylic acids is 1. The van der Waals surface area contributed by atoms with Crippen LogP contribution in [-0.2, 0) is 0 Å². The maximum atomic E-state index is 12.7. The molecular formula is C7H5ClFNO2. The Morgan fingerprint density at radius 1 is 1.58 bits per heavy atom. The number of benzene rings is 1. The van der Waals surface area contributed by atoms with Gasteiger partial charge in [0, 0.05) is 5.56 Å². The van der Waals surface area contributed by atoms with Crippen LogP contribution in [0.4, 0.5) is 4.39 Å². The first-order valence-corrected chi connectivity index (χ1v) is 3.38. The molecule has 0 aromatic heterocycles. The lowest BCUT2D eigenvalue weighted by atomic mass is 10.2. The SMILES string of the molecule is NC(=O)c1cc(F)c(O)c(Cl)c1. The lowest BCUT2D eigenvalue weighted by Gasteiger charge is -2.00. The Kier molecular flexibility index (Phi) is 2.19. The molecule has 0 spiro atoms. The van der Waals surface area contributed by atoms with Crippen LogP contribution in [0.3, 0.4) is 0 Å². The summed E-state index contributed by atoms with van der Waals surface area (Å²) in [6, 6.07) is 1.92.